The van der Waals surface area contributed by atoms with E-state index in [1.807, 2.05) is 0 Å². The summed E-state index contributed by atoms with van der Waals surface area (Å²) in [5.74, 6) is -0.580. The van der Waals surface area contributed by atoms with E-state index in [0.29, 0.717) is 23.8 Å². The van der Waals surface area contributed by atoms with Crippen molar-refractivity contribution in [2.24, 2.45) is 0 Å². The van der Waals surface area contributed by atoms with Gasteiger partial charge in [-0.05, 0) is 42.9 Å². The molecular weight excluding hydrogens is 277 g/mol. The number of amides is 1. The van der Waals surface area contributed by atoms with Crippen LogP contribution in [-0.4, -0.2) is 30.7 Å². The molecule has 0 bridgehead atoms. The van der Waals surface area contributed by atoms with Crippen LogP contribution in [0, 0.1) is 5.82 Å². The second-order valence-corrected chi connectivity index (χ2v) is 4.71. The molecule has 0 saturated carbocycles. The molecule has 4 nitrogen and oxygen atoms in total. The van der Waals surface area contributed by atoms with Crippen LogP contribution in [0.25, 0.3) is 0 Å². The predicted molar refractivity (Wildman–Crippen MR) is 82.2 cm³/mol. The lowest BCUT2D eigenvalue weighted by Crippen LogP contribution is -2.40. The molecule has 110 valence electrons. The Morgan fingerprint density at radius 1 is 1.10 bits per heavy atom. The van der Waals surface area contributed by atoms with Gasteiger partial charge in [-0.3, -0.25) is 4.79 Å². The van der Waals surface area contributed by atoms with Gasteiger partial charge in [-0.15, -0.1) is 0 Å². The van der Waals surface area contributed by atoms with Crippen molar-refractivity contribution in [1.82, 2.24) is 16.0 Å². The molecule has 0 unspecified atom stereocenters. The van der Waals surface area contributed by atoms with Crippen LogP contribution in [0.2, 0.25) is 0 Å². The second-order valence-electron chi connectivity index (χ2n) is 4.30. The lowest BCUT2D eigenvalue weighted by Gasteiger charge is -2.10. The second kappa shape index (κ2) is 9.25. The van der Waals surface area contributed by atoms with E-state index in [-0.39, 0.29) is 11.7 Å². The van der Waals surface area contributed by atoms with E-state index in [0.717, 1.165) is 19.4 Å². The fourth-order valence-electron chi connectivity index (χ4n) is 1.50. The van der Waals surface area contributed by atoms with Crippen molar-refractivity contribution < 1.29 is 9.18 Å². The third-order valence-corrected chi connectivity index (χ3v) is 2.91. The van der Waals surface area contributed by atoms with Crippen LogP contribution in [0.1, 0.15) is 30.1 Å². The number of carbonyl (C=O) groups excluding carboxylic acids is 1. The molecule has 0 aliphatic heterocycles. The van der Waals surface area contributed by atoms with Crippen molar-refractivity contribution in [3.05, 3.63) is 35.6 Å². The number of hydrogen-bond donors (Lipinski definition) is 3. The van der Waals surface area contributed by atoms with Crippen molar-refractivity contribution in [3.63, 3.8) is 0 Å². The number of benzene rings is 1. The molecular formula is C14H20FN3OS. The molecule has 1 aromatic rings. The molecule has 1 rings (SSSR count). The fourth-order valence-corrected chi connectivity index (χ4v) is 1.70. The first-order chi connectivity index (χ1) is 9.63. The first kappa shape index (κ1) is 16.4. The molecule has 6 heteroatoms. The van der Waals surface area contributed by atoms with E-state index in [2.05, 4.69) is 22.9 Å². The average molecular weight is 297 g/mol. The molecule has 0 spiro atoms. The predicted octanol–water partition coefficient (Wildman–Crippen LogP) is 1.82. The molecule has 0 aliphatic carbocycles. The Labute approximate surface area is 124 Å². The summed E-state index contributed by atoms with van der Waals surface area (Å²) in [6, 6.07) is 5.43. The molecule has 0 aromatic heterocycles. The van der Waals surface area contributed by atoms with Gasteiger partial charge in [0.2, 0.25) is 0 Å². The number of hydrogen-bond acceptors (Lipinski definition) is 2. The normalized spacial score (nSPS) is 9.90. The van der Waals surface area contributed by atoms with Gasteiger partial charge in [-0.2, -0.15) is 0 Å². The van der Waals surface area contributed by atoms with Gasteiger partial charge >= 0.3 is 0 Å². The summed E-state index contributed by atoms with van der Waals surface area (Å²) in [4.78, 5) is 11.7. The number of nitrogens with one attached hydrogen (secondary N) is 3. The Kier molecular flexibility index (Phi) is 7.57. The van der Waals surface area contributed by atoms with Crippen LogP contribution < -0.4 is 16.0 Å². The van der Waals surface area contributed by atoms with Crippen molar-refractivity contribution in [2.45, 2.75) is 19.8 Å². The van der Waals surface area contributed by atoms with E-state index in [1.54, 1.807) is 0 Å². The molecule has 3 N–H and O–H groups in total. The SMILES string of the molecule is CCCCNC(=S)NCCNC(=O)c1ccc(F)cc1. The van der Waals surface area contributed by atoms with Crippen molar-refractivity contribution in [1.29, 1.82) is 0 Å². The zero-order chi connectivity index (χ0) is 14.8. The number of rotatable bonds is 7. The van der Waals surface area contributed by atoms with Crippen LogP contribution in [0.5, 0.6) is 0 Å². The summed E-state index contributed by atoms with van der Waals surface area (Å²) in [5.41, 5.74) is 0.440. The molecule has 1 amide bonds. The van der Waals surface area contributed by atoms with Gasteiger partial charge in [-0.25, -0.2) is 4.39 Å². The first-order valence-corrected chi connectivity index (χ1v) is 7.09. The summed E-state index contributed by atoms with van der Waals surface area (Å²) in [6.45, 7) is 3.96. The Morgan fingerprint density at radius 3 is 2.35 bits per heavy atom. The minimum absolute atomic E-state index is 0.225. The van der Waals surface area contributed by atoms with Gasteiger partial charge < -0.3 is 16.0 Å². The lowest BCUT2D eigenvalue weighted by atomic mass is 10.2. The highest BCUT2D eigenvalue weighted by Gasteiger charge is 2.04. The number of thiocarbonyl (C=S) groups is 1. The molecule has 20 heavy (non-hydrogen) atoms. The Morgan fingerprint density at radius 2 is 1.70 bits per heavy atom. The molecule has 0 heterocycles. The molecule has 0 atom stereocenters. The van der Waals surface area contributed by atoms with Gasteiger partial charge in [0.15, 0.2) is 5.11 Å². The van der Waals surface area contributed by atoms with Crippen LogP contribution in [0.15, 0.2) is 24.3 Å². The maximum Gasteiger partial charge on any atom is 0.251 e. The minimum atomic E-state index is -0.355. The minimum Gasteiger partial charge on any atom is -0.363 e. The Balaban J connectivity index is 2.16. The van der Waals surface area contributed by atoms with Crippen molar-refractivity contribution in [2.75, 3.05) is 19.6 Å². The number of carbonyl (C=O) groups is 1. The van der Waals surface area contributed by atoms with Crippen molar-refractivity contribution in [3.8, 4) is 0 Å². The van der Waals surface area contributed by atoms with Gasteiger partial charge in [0.25, 0.3) is 5.91 Å². The zero-order valence-electron chi connectivity index (χ0n) is 11.5. The van der Waals surface area contributed by atoms with E-state index in [4.69, 9.17) is 12.2 Å². The Bertz CT molecular complexity index is 437. The molecule has 0 fully saturated rings. The summed E-state index contributed by atoms with van der Waals surface area (Å²) in [5, 5.41) is 9.40. The van der Waals surface area contributed by atoms with Crippen LogP contribution >= 0.6 is 12.2 Å². The standard InChI is InChI=1S/C14H20FN3OS/c1-2-3-8-17-14(20)18-10-9-16-13(19)11-4-6-12(15)7-5-11/h4-7H,2-3,8-10H2,1H3,(H,16,19)(H2,17,18,20). The van der Waals surface area contributed by atoms with Crippen LogP contribution in [0.3, 0.4) is 0 Å². The van der Waals surface area contributed by atoms with Crippen molar-refractivity contribution >= 4 is 23.2 Å². The third kappa shape index (κ3) is 6.47. The zero-order valence-corrected chi connectivity index (χ0v) is 12.4. The molecule has 0 aliphatic rings. The monoisotopic (exact) mass is 297 g/mol. The lowest BCUT2D eigenvalue weighted by molar-refractivity contribution is 0.0954. The smallest absolute Gasteiger partial charge is 0.251 e. The maximum absolute atomic E-state index is 12.7. The van der Waals surface area contributed by atoms with E-state index in [1.165, 1.54) is 24.3 Å². The third-order valence-electron chi connectivity index (χ3n) is 2.62. The molecule has 1 aromatic carbocycles. The average Bonchev–Trinajstić information content (AvgIpc) is 2.44. The van der Waals surface area contributed by atoms with Crippen LogP contribution in [-0.2, 0) is 0 Å². The van der Waals surface area contributed by atoms with E-state index < -0.39 is 0 Å². The molecule has 0 radical (unpaired) electrons. The highest BCUT2D eigenvalue weighted by Crippen LogP contribution is 2.01. The maximum atomic E-state index is 12.7. The highest BCUT2D eigenvalue weighted by molar-refractivity contribution is 7.80. The summed E-state index contributed by atoms with van der Waals surface area (Å²) < 4.78 is 12.7. The Hall–Kier alpha value is -1.69. The number of unbranched alkanes of at least 4 members (excludes halogenated alkanes) is 1. The van der Waals surface area contributed by atoms with Gasteiger partial charge in [0.1, 0.15) is 5.82 Å². The largest absolute Gasteiger partial charge is 0.363 e. The summed E-state index contributed by atoms with van der Waals surface area (Å²) >= 11 is 5.08. The van der Waals surface area contributed by atoms with Gasteiger partial charge in [-0.1, -0.05) is 13.3 Å². The van der Waals surface area contributed by atoms with Crippen LogP contribution in [0.4, 0.5) is 4.39 Å². The molecule has 0 saturated heterocycles. The van der Waals surface area contributed by atoms with E-state index in [9.17, 15) is 9.18 Å². The number of halogens is 1. The first-order valence-electron chi connectivity index (χ1n) is 6.69. The van der Waals surface area contributed by atoms with E-state index >= 15 is 0 Å². The summed E-state index contributed by atoms with van der Waals surface area (Å²) in [6.07, 6.45) is 2.19. The highest BCUT2D eigenvalue weighted by atomic mass is 32.1. The fraction of sp³-hybridized carbons (Fsp3) is 0.429. The topological polar surface area (TPSA) is 53.2 Å². The van der Waals surface area contributed by atoms with Gasteiger partial charge in [0, 0.05) is 25.2 Å². The van der Waals surface area contributed by atoms with Gasteiger partial charge in [0.05, 0.1) is 0 Å². The summed E-state index contributed by atoms with van der Waals surface area (Å²) in [7, 11) is 0. The quantitative estimate of drug-likeness (QED) is 0.531.